The molecule has 0 radical (unpaired) electrons. The lowest BCUT2D eigenvalue weighted by molar-refractivity contribution is -0.0727. The van der Waals surface area contributed by atoms with Gasteiger partial charge in [0, 0.05) is 44.3 Å². The maximum atomic E-state index is 10.5. The van der Waals surface area contributed by atoms with E-state index in [2.05, 4.69) is 27.1 Å². The molecular formula is C19H31N3O2S. The Labute approximate surface area is 155 Å². The Kier molecular flexibility index (Phi) is 5.43. The molecule has 1 aromatic rings. The average molecular weight is 366 g/mol. The minimum absolute atomic E-state index is 0.163. The van der Waals surface area contributed by atoms with E-state index >= 15 is 0 Å². The van der Waals surface area contributed by atoms with Gasteiger partial charge in [-0.1, -0.05) is 0 Å². The second-order valence-electron chi connectivity index (χ2n) is 8.26. The Morgan fingerprint density at radius 2 is 2.08 bits per heavy atom. The molecule has 1 spiro atoms. The number of aliphatic hydroxyl groups excluding tert-OH is 1. The first-order chi connectivity index (χ1) is 12.1. The minimum atomic E-state index is -0.163. The van der Waals surface area contributed by atoms with E-state index in [0.717, 1.165) is 63.7 Å². The third-order valence-corrected chi connectivity index (χ3v) is 7.15. The molecule has 0 bridgehead atoms. The van der Waals surface area contributed by atoms with Crippen LogP contribution in [-0.4, -0.2) is 71.4 Å². The van der Waals surface area contributed by atoms with Crippen LogP contribution in [-0.2, 0) is 11.3 Å². The van der Waals surface area contributed by atoms with Crippen LogP contribution in [0.1, 0.15) is 42.8 Å². The summed E-state index contributed by atoms with van der Waals surface area (Å²) in [6, 6.07) is 0.608. The summed E-state index contributed by atoms with van der Waals surface area (Å²) >= 11 is 1.74. The molecule has 0 saturated carbocycles. The predicted octanol–water partition coefficient (Wildman–Crippen LogP) is 2.28. The zero-order chi connectivity index (χ0) is 17.3. The predicted molar refractivity (Wildman–Crippen MR) is 99.8 cm³/mol. The van der Waals surface area contributed by atoms with E-state index in [1.807, 2.05) is 0 Å². The highest BCUT2D eigenvalue weighted by Gasteiger charge is 2.43. The highest BCUT2D eigenvalue weighted by Crippen LogP contribution is 2.41. The first kappa shape index (κ1) is 17.9. The molecular weight excluding hydrogens is 334 g/mol. The summed E-state index contributed by atoms with van der Waals surface area (Å²) in [5.74, 6) is 0. The molecule has 4 rings (SSSR count). The van der Waals surface area contributed by atoms with E-state index in [4.69, 9.17) is 4.74 Å². The number of hydrogen-bond acceptors (Lipinski definition) is 6. The van der Waals surface area contributed by atoms with Gasteiger partial charge in [0.2, 0.25) is 0 Å². The maximum Gasteiger partial charge on any atom is 0.0897 e. The monoisotopic (exact) mass is 365 g/mol. The van der Waals surface area contributed by atoms with Crippen LogP contribution in [0.25, 0.3) is 0 Å². The first-order valence-electron chi connectivity index (χ1n) is 9.75. The number of aryl methyl sites for hydroxylation is 1. The van der Waals surface area contributed by atoms with Crippen molar-refractivity contribution in [2.75, 3.05) is 39.4 Å². The highest BCUT2D eigenvalue weighted by molar-refractivity contribution is 7.09. The van der Waals surface area contributed by atoms with E-state index in [9.17, 15) is 5.11 Å². The lowest BCUT2D eigenvalue weighted by atomic mass is 9.71. The Morgan fingerprint density at radius 3 is 2.76 bits per heavy atom. The summed E-state index contributed by atoms with van der Waals surface area (Å²) < 4.78 is 5.53. The first-order valence-corrected chi connectivity index (χ1v) is 10.6. The highest BCUT2D eigenvalue weighted by atomic mass is 32.1. The van der Waals surface area contributed by atoms with Crippen molar-refractivity contribution in [2.24, 2.45) is 5.41 Å². The van der Waals surface area contributed by atoms with Crippen molar-refractivity contribution in [3.8, 4) is 0 Å². The Bertz CT molecular complexity index is 565. The Hall–Kier alpha value is -0.530. The second-order valence-corrected chi connectivity index (χ2v) is 9.33. The van der Waals surface area contributed by atoms with Crippen LogP contribution >= 0.6 is 11.3 Å². The number of hydrogen-bond donors (Lipinski definition) is 1. The van der Waals surface area contributed by atoms with Gasteiger partial charge in [-0.05, 0) is 57.5 Å². The smallest absolute Gasteiger partial charge is 0.0897 e. The van der Waals surface area contributed by atoms with E-state index in [0.29, 0.717) is 11.5 Å². The van der Waals surface area contributed by atoms with E-state index in [-0.39, 0.29) is 6.10 Å². The molecule has 1 aromatic heterocycles. The third-order valence-electron chi connectivity index (χ3n) is 6.33. The number of likely N-dealkylation sites (tertiary alicyclic amines) is 2. The van der Waals surface area contributed by atoms with Crippen LogP contribution in [0.15, 0.2) is 5.38 Å². The van der Waals surface area contributed by atoms with Crippen LogP contribution in [0, 0.1) is 12.3 Å². The van der Waals surface area contributed by atoms with Crippen molar-refractivity contribution in [3.63, 3.8) is 0 Å². The molecule has 25 heavy (non-hydrogen) atoms. The average Bonchev–Trinajstić information content (AvgIpc) is 3.02. The molecule has 1 atom stereocenters. The number of rotatable bonds is 3. The lowest BCUT2D eigenvalue weighted by Crippen LogP contribution is -2.57. The molecule has 3 aliphatic heterocycles. The Morgan fingerprint density at radius 1 is 1.32 bits per heavy atom. The van der Waals surface area contributed by atoms with Gasteiger partial charge in [-0.3, -0.25) is 9.80 Å². The van der Waals surface area contributed by atoms with Gasteiger partial charge in [-0.2, -0.15) is 0 Å². The van der Waals surface area contributed by atoms with Gasteiger partial charge in [0.25, 0.3) is 0 Å². The summed E-state index contributed by atoms with van der Waals surface area (Å²) in [6.07, 6.45) is 5.47. The molecule has 3 saturated heterocycles. The van der Waals surface area contributed by atoms with Gasteiger partial charge < -0.3 is 9.84 Å². The fourth-order valence-corrected chi connectivity index (χ4v) is 5.58. The maximum absolute atomic E-state index is 10.5. The number of ether oxygens (including phenoxy) is 1. The molecule has 0 aliphatic carbocycles. The lowest BCUT2D eigenvalue weighted by Gasteiger charge is -2.51. The number of piperidine rings is 2. The molecule has 6 heteroatoms. The molecule has 3 aliphatic rings. The van der Waals surface area contributed by atoms with Gasteiger partial charge in [0.15, 0.2) is 0 Å². The van der Waals surface area contributed by atoms with Crippen LogP contribution < -0.4 is 0 Å². The zero-order valence-corrected chi connectivity index (χ0v) is 16.1. The molecule has 4 heterocycles. The summed E-state index contributed by atoms with van der Waals surface area (Å²) in [7, 11) is 0. The van der Waals surface area contributed by atoms with Gasteiger partial charge in [-0.15, -0.1) is 11.3 Å². The van der Waals surface area contributed by atoms with Gasteiger partial charge >= 0.3 is 0 Å². The zero-order valence-electron chi connectivity index (χ0n) is 15.3. The summed E-state index contributed by atoms with van der Waals surface area (Å²) in [5, 5.41) is 13.9. The van der Waals surface area contributed by atoms with Crippen LogP contribution in [0.5, 0.6) is 0 Å². The van der Waals surface area contributed by atoms with E-state index < -0.39 is 0 Å². The van der Waals surface area contributed by atoms with Gasteiger partial charge in [-0.25, -0.2) is 4.98 Å². The second kappa shape index (κ2) is 7.61. The van der Waals surface area contributed by atoms with E-state index in [1.165, 1.54) is 25.1 Å². The molecule has 1 unspecified atom stereocenters. The van der Waals surface area contributed by atoms with Crippen molar-refractivity contribution in [2.45, 2.75) is 57.7 Å². The summed E-state index contributed by atoms with van der Waals surface area (Å²) in [6.45, 7) is 9.10. The molecule has 5 nitrogen and oxygen atoms in total. The Balaban J connectivity index is 1.35. The molecule has 140 valence electrons. The van der Waals surface area contributed by atoms with Crippen LogP contribution in [0.4, 0.5) is 0 Å². The SMILES string of the molecule is Cc1nc(CN2CCC3(CC2)CC(O)CN(C2CCOCC2)C3)cs1. The fourth-order valence-electron chi connectivity index (χ4n) is 4.98. The largest absolute Gasteiger partial charge is 0.392 e. The van der Waals surface area contributed by atoms with Crippen molar-refractivity contribution >= 4 is 11.3 Å². The summed E-state index contributed by atoms with van der Waals surface area (Å²) in [4.78, 5) is 9.73. The molecule has 3 fully saturated rings. The van der Waals surface area contributed by atoms with Crippen molar-refractivity contribution < 1.29 is 9.84 Å². The van der Waals surface area contributed by atoms with Gasteiger partial charge in [0.05, 0.1) is 16.8 Å². The van der Waals surface area contributed by atoms with Crippen molar-refractivity contribution in [1.29, 1.82) is 0 Å². The minimum Gasteiger partial charge on any atom is -0.392 e. The normalized spacial score (nSPS) is 29.3. The fraction of sp³-hybridized carbons (Fsp3) is 0.842. The standard InChI is InChI=1S/C19H31N3O2S/c1-15-20-16(13-25-15)11-21-6-4-19(5-7-21)10-18(23)12-22(14-19)17-2-8-24-9-3-17/h13,17-18,23H,2-12,14H2,1H3. The van der Waals surface area contributed by atoms with E-state index in [1.54, 1.807) is 11.3 Å². The van der Waals surface area contributed by atoms with Crippen LogP contribution in [0.3, 0.4) is 0 Å². The topological polar surface area (TPSA) is 48.8 Å². The van der Waals surface area contributed by atoms with Gasteiger partial charge in [0.1, 0.15) is 0 Å². The molecule has 0 aromatic carbocycles. The van der Waals surface area contributed by atoms with Crippen molar-refractivity contribution in [3.05, 3.63) is 16.1 Å². The number of nitrogens with zero attached hydrogens (tertiary/aromatic N) is 3. The number of aliphatic hydroxyl groups is 1. The summed E-state index contributed by atoms with van der Waals surface area (Å²) in [5.41, 5.74) is 1.52. The van der Waals surface area contributed by atoms with Crippen LogP contribution in [0.2, 0.25) is 0 Å². The quantitative estimate of drug-likeness (QED) is 0.891. The third kappa shape index (κ3) is 4.25. The molecule has 1 N–H and O–H groups in total. The number of β-amino-alcohol motifs (C(OH)–C–C–N with tert-alkyl or cyclic N) is 1. The number of aromatic nitrogens is 1. The number of thiazole rings is 1. The van der Waals surface area contributed by atoms with Crippen molar-refractivity contribution in [1.82, 2.24) is 14.8 Å². The molecule has 0 amide bonds.